The topological polar surface area (TPSA) is 74.8 Å². The molecule has 1 saturated heterocycles. The minimum atomic E-state index is -0.495. The number of anilines is 1. The molecule has 2 aliphatic rings. The van der Waals surface area contributed by atoms with Crippen molar-refractivity contribution in [2.75, 3.05) is 24.7 Å². The molecule has 1 aromatic heterocycles. The average molecular weight is 455 g/mol. The van der Waals surface area contributed by atoms with Crippen LogP contribution in [0.5, 0.6) is 0 Å². The highest BCUT2D eigenvalue weighted by atomic mass is 32.2. The van der Waals surface area contributed by atoms with E-state index in [1.807, 2.05) is 27.0 Å². The molecule has 3 amide bonds. The number of amides is 3. The maximum Gasteiger partial charge on any atom is 0.410 e. The lowest BCUT2D eigenvalue weighted by Crippen LogP contribution is -2.54. The first kappa shape index (κ1) is 23.2. The van der Waals surface area contributed by atoms with Gasteiger partial charge in [0.15, 0.2) is 5.13 Å². The van der Waals surface area contributed by atoms with Gasteiger partial charge in [-0.2, -0.15) is 0 Å². The average Bonchev–Trinajstić information content (AvgIpc) is 3.16. The van der Waals surface area contributed by atoms with E-state index < -0.39 is 5.60 Å². The normalized spacial score (nSPS) is 18.9. The van der Waals surface area contributed by atoms with E-state index in [1.165, 1.54) is 30.6 Å². The van der Waals surface area contributed by atoms with Crippen molar-refractivity contribution in [3.63, 3.8) is 0 Å². The van der Waals surface area contributed by atoms with Crippen LogP contribution in [-0.2, 0) is 4.74 Å². The van der Waals surface area contributed by atoms with Gasteiger partial charge in [0.2, 0.25) is 0 Å². The second kappa shape index (κ2) is 10.2. The first-order valence-electron chi connectivity index (χ1n) is 10.8. The maximum atomic E-state index is 13.3. The van der Waals surface area contributed by atoms with E-state index in [2.05, 4.69) is 15.2 Å². The standard InChI is InChI=1S/C21H34N4O3S2/c1-21(2,3)28-20(27)24-12-10-16(11-13-24)25(15-8-6-5-7-9-15)19(26)23-18-22-14-17(29-4)30-18/h14-16H,5-13H2,1-4H3,(H,22,23,26). The van der Waals surface area contributed by atoms with Gasteiger partial charge >= 0.3 is 12.1 Å². The number of nitrogens with zero attached hydrogens (tertiary/aromatic N) is 3. The third kappa shape index (κ3) is 6.26. The lowest BCUT2D eigenvalue weighted by molar-refractivity contribution is 0.0141. The molecule has 0 unspecified atom stereocenters. The summed E-state index contributed by atoms with van der Waals surface area (Å²) in [4.78, 5) is 33.8. The van der Waals surface area contributed by atoms with Crippen LogP contribution in [0.2, 0.25) is 0 Å². The Morgan fingerprint density at radius 1 is 1.17 bits per heavy atom. The number of carbonyl (C=O) groups is 2. The molecule has 1 aliphatic heterocycles. The highest BCUT2D eigenvalue weighted by molar-refractivity contribution is 8.00. The molecule has 2 heterocycles. The van der Waals surface area contributed by atoms with Gasteiger partial charge in [-0.25, -0.2) is 14.6 Å². The third-order valence-corrected chi connectivity index (χ3v) is 7.58. The summed E-state index contributed by atoms with van der Waals surface area (Å²) >= 11 is 3.13. The van der Waals surface area contributed by atoms with Crippen molar-refractivity contribution in [2.45, 2.75) is 87.6 Å². The second-order valence-electron chi connectivity index (χ2n) is 9.02. The Morgan fingerprint density at radius 3 is 2.37 bits per heavy atom. The molecule has 0 spiro atoms. The minimum Gasteiger partial charge on any atom is -0.444 e. The van der Waals surface area contributed by atoms with E-state index in [-0.39, 0.29) is 24.2 Å². The summed E-state index contributed by atoms with van der Waals surface area (Å²) < 4.78 is 6.60. The third-order valence-electron chi connectivity index (χ3n) is 5.61. The number of urea groups is 1. The van der Waals surface area contributed by atoms with Gasteiger partial charge in [-0.1, -0.05) is 30.6 Å². The van der Waals surface area contributed by atoms with Crippen molar-refractivity contribution in [3.8, 4) is 0 Å². The first-order chi connectivity index (χ1) is 14.3. The largest absolute Gasteiger partial charge is 0.444 e. The Hall–Kier alpha value is -1.48. The second-order valence-corrected chi connectivity index (χ2v) is 11.2. The smallest absolute Gasteiger partial charge is 0.410 e. The van der Waals surface area contributed by atoms with Gasteiger partial charge in [0.05, 0.1) is 10.4 Å². The summed E-state index contributed by atoms with van der Waals surface area (Å²) in [6, 6.07) is 0.336. The van der Waals surface area contributed by atoms with Gasteiger partial charge in [-0.15, -0.1) is 11.8 Å². The van der Waals surface area contributed by atoms with Gasteiger partial charge in [0, 0.05) is 25.2 Å². The molecule has 3 rings (SSSR count). The van der Waals surface area contributed by atoms with Crippen LogP contribution in [0, 0.1) is 0 Å². The molecular formula is C21H34N4O3S2. The highest BCUT2D eigenvalue weighted by Gasteiger charge is 2.36. The van der Waals surface area contributed by atoms with E-state index in [0.29, 0.717) is 18.2 Å². The van der Waals surface area contributed by atoms with Crippen LogP contribution in [0.3, 0.4) is 0 Å². The van der Waals surface area contributed by atoms with E-state index in [1.54, 1.807) is 22.9 Å². The molecule has 1 saturated carbocycles. The number of hydrogen-bond donors (Lipinski definition) is 1. The Balaban J connectivity index is 1.65. The van der Waals surface area contributed by atoms with Crippen molar-refractivity contribution in [2.24, 2.45) is 0 Å². The van der Waals surface area contributed by atoms with Crippen molar-refractivity contribution < 1.29 is 14.3 Å². The number of nitrogens with one attached hydrogen (secondary N) is 1. The van der Waals surface area contributed by atoms with Crippen molar-refractivity contribution in [1.29, 1.82) is 0 Å². The van der Waals surface area contributed by atoms with Gasteiger partial charge < -0.3 is 14.5 Å². The number of thiazole rings is 1. The maximum absolute atomic E-state index is 13.3. The number of carbonyl (C=O) groups excluding carboxylic acids is 2. The van der Waals surface area contributed by atoms with Gasteiger partial charge in [-0.3, -0.25) is 5.32 Å². The summed E-state index contributed by atoms with van der Waals surface area (Å²) in [6.07, 6.45) is 10.8. The summed E-state index contributed by atoms with van der Waals surface area (Å²) in [5.74, 6) is 0. The fourth-order valence-corrected chi connectivity index (χ4v) is 5.48. The quantitative estimate of drug-likeness (QED) is 0.614. The molecule has 1 aromatic rings. The number of piperidine rings is 1. The Bertz CT molecular complexity index is 720. The molecule has 30 heavy (non-hydrogen) atoms. The van der Waals surface area contributed by atoms with Gasteiger partial charge in [0.25, 0.3) is 0 Å². The molecule has 2 fully saturated rings. The molecule has 0 atom stereocenters. The van der Waals surface area contributed by atoms with E-state index in [4.69, 9.17) is 4.74 Å². The lowest BCUT2D eigenvalue weighted by atomic mass is 9.91. The van der Waals surface area contributed by atoms with Crippen LogP contribution < -0.4 is 5.32 Å². The number of ether oxygens (including phenoxy) is 1. The van der Waals surface area contributed by atoms with Crippen molar-refractivity contribution >= 4 is 40.4 Å². The predicted octanol–water partition coefficient (Wildman–Crippen LogP) is 5.43. The van der Waals surface area contributed by atoms with Crippen LogP contribution in [-0.4, -0.2) is 63.9 Å². The molecule has 1 N–H and O–H groups in total. The molecule has 0 aromatic carbocycles. The molecule has 9 heteroatoms. The Labute approximate surface area is 187 Å². The number of rotatable bonds is 4. The molecule has 168 valence electrons. The lowest BCUT2D eigenvalue weighted by Gasteiger charge is -2.43. The summed E-state index contributed by atoms with van der Waals surface area (Å²) in [7, 11) is 0. The SMILES string of the molecule is CSc1cnc(NC(=O)N(C2CCCCC2)C2CCN(C(=O)OC(C)(C)C)CC2)s1. The first-order valence-corrected chi connectivity index (χ1v) is 12.9. The van der Waals surface area contributed by atoms with E-state index in [9.17, 15) is 9.59 Å². The van der Waals surface area contributed by atoms with E-state index in [0.717, 1.165) is 29.9 Å². The van der Waals surface area contributed by atoms with Gasteiger partial charge in [0.1, 0.15) is 5.60 Å². The van der Waals surface area contributed by atoms with Crippen LogP contribution in [0.25, 0.3) is 0 Å². The summed E-state index contributed by atoms with van der Waals surface area (Å²) in [5.41, 5.74) is -0.495. The van der Waals surface area contributed by atoms with Crippen molar-refractivity contribution in [1.82, 2.24) is 14.8 Å². The molecule has 1 aliphatic carbocycles. The number of likely N-dealkylation sites (tertiary alicyclic amines) is 1. The fourth-order valence-electron chi connectivity index (χ4n) is 4.21. The Morgan fingerprint density at radius 2 is 1.80 bits per heavy atom. The van der Waals surface area contributed by atoms with Gasteiger partial charge in [-0.05, 0) is 52.7 Å². The Kier molecular flexibility index (Phi) is 7.90. The summed E-state index contributed by atoms with van der Waals surface area (Å²) in [5, 5.41) is 3.68. The zero-order valence-corrected chi connectivity index (χ0v) is 20.1. The van der Waals surface area contributed by atoms with Crippen LogP contribution in [0.4, 0.5) is 14.7 Å². The predicted molar refractivity (Wildman–Crippen MR) is 122 cm³/mol. The fraction of sp³-hybridized carbons (Fsp3) is 0.762. The molecule has 7 nitrogen and oxygen atoms in total. The molecular weight excluding hydrogens is 420 g/mol. The zero-order chi connectivity index (χ0) is 21.7. The number of aromatic nitrogens is 1. The highest BCUT2D eigenvalue weighted by Crippen LogP contribution is 2.31. The van der Waals surface area contributed by atoms with Crippen LogP contribution in [0.15, 0.2) is 10.4 Å². The minimum absolute atomic E-state index is 0.0559. The summed E-state index contributed by atoms with van der Waals surface area (Å²) in [6.45, 7) is 6.88. The monoisotopic (exact) mass is 454 g/mol. The van der Waals surface area contributed by atoms with E-state index >= 15 is 0 Å². The molecule has 0 radical (unpaired) electrons. The zero-order valence-electron chi connectivity index (χ0n) is 18.5. The number of thioether (sulfide) groups is 1. The van der Waals surface area contributed by atoms with Crippen LogP contribution in [0.1, 0.15) is 65.7 Å². The number of hydrogen-bond acceptors (Lipinski definition) is 6. The van der Waals surface area contributed by atoms with Crippen LogP contribution >= 0.6 is 23.1 Å². The van der Waals surface area contributed by atoms with Crippen molar-refractivity contribution in [3.05, 3.63) is 6.20 Å². The molecule has 0 bridgehead atoms.